The molecule has 1 aromatic carbocycles. The normalized spacial score (nSPS) is 9.29. The number of hydrogen-bond donors (Lipinski definition) is 0. The molecular formula is C12H13NO. The highest BCUT2D eigenvalue weighted by Gasteiger charge is 2.06. The van der Waals surface area contributed by atoms with Crippen LogP contribution in [0.25, 0.3) is 5.57 Å². The lowest BCUT2D eigenvalue weighted by Crippen LogP contribution is -1.92. The topological polar surface area (TPSA) is 33.0 Å². The Kier molecular flexibility index (Phi) is 2.93. The molecule has 0 aliphatic rings. The number of aryl methyl sites for hydroxylation is 2. The van der Waals surface area contributed by atoms with Crippen LogP contribution >= 0.6 is 0 Å². The van der Waals surface area contributed by atoms with E-state index in [9.17, 15) is 0 Å². The second-order valence-electron chi connectivity index (χ2n) is 3.23. The van der Waals surface area contributed by atoms with E-state index in [0.29, 0.717) is 5.57 Å². The molecule has 0 atom stereocenters. The summed E-state index contributed by atoms with van der Waals surface area (Å²) in [6.45, 7) is 7.59. The first-order valence-corrected chi connectivity index (χ1v) is 4.34. The number of methoxy groups -OCH3 is 1. The van der Waals surface area contributed by atoms with Gasteiger partial charge in [-0.1, -0.05) is 6.58 Å². The van der Waals surface area contributed by atoms with E-state index in [2.05, 4.69) is 12.6 Å². The second kappa shape index (κ2) is 3.97. The lowest BCUT2D eigenvalue weighted by molar-refractivity contribution is 0.411. The molecule has 0 aromatic heterocycles. The van der Waals surface area contributed by atoms with E-state index in [1.165, 1.54) is 0 Å². The number of nitriles is 1. The number of hydrogen-bond acceptors (Lipinski definition) is 2. The molecular weight excluding hydrogens is 174 g/mol. The minimum Gasteiger partial charge on any atom is -0.496 e. The molecule has 0 saturated heterocycles. The predicted molar refractivity (Wildman–Crippen MR) is 57.1 cm³/mol. The van der Waals surface area contributed by atoms with Gasteiger partial charge in [0.1, 0.15) is 5.75 Å². The van der Waals surface area contributed by atoms with E-state index in [0.717, 1.165) is 22.4 Å². The van der Waals surface area contributed by atoms with Crippen LogP contribution in [0, 0.1) is 25.2 Å². The minimum atomic E-state index is 0.494. The molecule has 0 saturated carbocycles. The zero-order valence-electron chi connectivity index (χ0n) is 8.72. The van der Waals surface area contributed by atoms with Crippen molar-refractivity contribution >= 4 is 5.57 Å². The zero-order valence-corrected chi connectivity index (χ0v) is 8.72. The first-order chi connectivity index (χ1) is 6.60. The Labute approximate surface area is 84.4 Å². The Balaban J connectivity index is 3.30. The summed E-state index contributed by atoms with van der Waals surface area (Å²) in [5.41, 5.74) is 3.42. The second-order valence-corrected chi connectivity index (χ2v) is 3.23. The van der Waals surface area contributed by atoms with Crippen LogP contribution in [0.2, 0.25) is 0 Å². The Morgan fingerprint density at radius 1 is 1.36 bits per heavy atom. The van der Waals surface area contributed by atoms with Crippen molar-refractivity contribution in [3.63, 3.8) is 0 Å². The Morgan fingerprint density at radius 2 is 2.00 bits per heavy atom. The van der Waals surface area contributed by atoms with Gasteiger partial charge in [-0.2, -0.15) is 5.26 Å². The number of benzene rings is 1. The SMILES string of the molecule is C=C(C#N)c1cc(C)c(OC)cc1C. The first kappa shape index (κ1) is 10.3. The smallest absolute Gasteiger partial charge is 0.122 e. The van der Waals surface area contributed by atoms with E-state index >= 15 is 0 Å². The van der Waals surface area contributed by atoms with Crippen molar-refractivity contribution in [3.05, 3.63) is 35.4 Å². The molecule has 14 heavy (non-hydrogen) atoms. The molecule has 72 valence electrons. The van der Waals surface area contributed by atoms with Crippen molar-refractivity contribution in [1.82, 2.24) is 0 Å². The van der Waals surface area contributed by atoms with E-state index < -0.39 is 0 Å². The summed E-state index contributed by atoms with van der Waals surface area (Å²) >= 11 is 0. The first-order valence-electron chi connectivity index (χ1n) is 4.34. The van der Waals surface area contributed by atoms with Gasteiger partial charge in [-0.15, -0.1) is 0 Å². The number of ether oxygens (including phenoxy) is 1. The van der Waals surface area contributed by atoms with Crippen LogP contribution < -0.4 is 4.74 Å². The van der Waals surface area contributed by atoms with Gasteiger partial charge in [0.2, 0.25) is 0 Å². The number of rotatable bonds is 2. The molecule has 0 fully saturated rings. The van der Waals surface area contributed by atoms with E-state index in [-0.39, 0.29) is 0 Å². The monoisotopic (exact) mass is 187 g/mol. The van der Waals surface area contributed by atoms with Crippen LogP contribution in [-0.4, -0.2) is 7.11 Å². The average molecular weight is 187 g/mol. The van der Waals surface area contributed by atoms with Crippen molar-refractivity contribution in [1.29, 1.82) is 5.26 Å². The van der Waals surface area contributed by atoms with E-state index in [1.807, 2.05) is 26.0 Å². The van der Waals surface area contributed by atoms with Gasteiger partial charge in [0.25, 0.3) is 0 Å². The molecule has 1 aromatic rings. The molecule has 0 radical (unpaired) electrons. The third-order valence-electron chi connectivity index (χ3n) is 2.20. The summed E-state index contributed by atoms with van der Waals surface area (Å²) in [5.74, 6) is 0.844. The van der Waals surface area contributed by atoms with Crippen LogP contribution in [0.4, 0.5) is 0 Å². The third kappa shape index (κ3) is 1.77. The van der Waals surface area contributed by atoms with Crippen LogP contribution in [0.15, 0.2) is 18.7 Å². The summed E-state index contributed by atoms with van der Waals surface area (Å²) in [6, 6.07) is 5.91. The minimum absolute atomic E-state index is 0.494. The van der Waals surface area contributed by atoms with Gasteiger partial charge >= 0.3 is 0 Å². The number of nitrogens with zero attached hydrogens (tertiary/aromatic N) is 1. The maximum absolute atomic E-state index is 8.75. The fourth-order valence-electron chi connectivity index (χ4n) is 1.39. The fraction of sp³-hybridized carbons (Fsp3) is 0.250. The average Bonchev–Trinajstić information content (AvgIpc) is 2.19. The van der Waals surface area contributed by atoms with Crippen molar-refractivity contribution in [2.24, 2.45) is 0 Å². The summed E-state index contributed by atoms with van der Waals surface area (Å²) in [5, 5.41) is 8.75. The van der Waals surface area contributed by atoms with Crippen molar-refractivity contribution in [3.8, 4) is 11.8 Å². The van der Waals surface area contributed by atoms with Gasteiger partial charge in [0.15, 0.2) is 0 Å². The predicted octanol–water partition coefficient (Wildman–Crippen LogP) is 2.85. The lowest BCUT2D eigenvalue weighted by Gasteiger charge is -2.09. The van der Waals surface area contributed by atoms with Gasteiger partial charge in [-0.3, -0.25) is 0 Å². The van der Waals surface area contributed by atoms with Crippen molar-refractivity contribution < 1.29 is 4.74 Å². The maximum atomic E-state index is 8.75. The Morgan fingerprint density at radius 3 is 2.50 bits per heavy atom. The molecule has 0 aliphatic carbocycles. The highest BCUT2D eigenvalue weighted by atomic mass is 16.5. The molecule has 0 N–H and O–H groups in total. The summed E-state index contributed by atoms with van der Waals surface area (Å²) in [6.07, 6.45) is 0. The van der Waals surface area contributed by atoms with Gasteiger partial charge in [0, 0.05) is 0 Å². The zero-order chi connectivity index (χ0) is 10.7. The van der Waals surface area contributed by atoms with Crippen molar-refractivity contribution in [2.75, 3.05) is 7.11 Å². The maximum Gasteiger partial charge on any atom is 0.122 e. The molecule has 2 nitrogen and oxygen atoms in total. The number of allylic oxidation sites excluding steroid dienone is 1. The summed E-state index contributed by atoms with van der Waals surface area (Å²) in [7, 11) is 1.64. The largest absolute Gasteiger partial charge is 0.496 e. The van der Waals surface area contributed by atoms with E-state index in [1.54, 1.807) is 7.11 Å². The van der Waals surface area contributed by atoms with Gasteiger partial charge in [-0.05, 0) is 42.7 Å². The fourth-order valence-corrected chi connectivity index (χ4v) is 1.39. The van der Waals surface area contributed by atoms with Crippen LogP contribution in [0.5, 0.6) is 5.75 Å². The summed E-state index contributed by atoms with van der Waals surface area (Å²) in [4.78, 5) is 0. The molecule has 0 aliphatic heterocycles. The summed E-state index contributed by atoms with van der Waals surface area (Å²) < 4.78 is 5.18. The van der Waals surface area contributed by atoms with Gasteiger partial charge in [-0.25, -0.2) is 0 Å². The molecule has 0 heterocycles. The highest BCUT2D eigenvalue weighted by molar-refractivity contribution is 5.77. The molecule has 0 bridgehead atoms. The van der Waals surface area contributed by atoms with Gasteiger partial charge in [0.05, 0.1) is 18.8 Å². The third-order valence-corrected chi connectivity index (χ3v) is 2.20. The Hall–Kier alpha value is -1.75. The lowest BCUT2D eigenvalue weighted by atomic mass is 9.99. The standard InChI is InChI=1S/C12H13NO/c1-8-6-12(14-4)9(2)5-11(8)10(3)7-13/h5-6H,3H2,1-2,4H3. The van der Waals surface area contributed by atoms with Gasteiger partial charge < -0.3 is 4.74 Å². The quantitative estimate of drug-likeness (QED) is 0.667. The van der Waals surface area contributed by atoms with Crippen molar-refractivity contribution in [2.45, 2.75) is 13.8 Å². The van der Waals surface area contributed by atoms with Crippen LogP contribution in [0.3, 0.4) is 0 Å². The Bertz CT molecular complexity index is 413. The highest BCUT2D eigenvalue weighted by Crippen LogP contribution is 2.25. The molecule has 1 rings (SSSR count). The van der Waals surface area contributed by atoms with Crippen LogP contribution in [0.1, 0.15) is 16.7 Å². The molecule has 0 unspecified atom stereocenters. The van der Waals surface area contributed by atoms with Crippen LogP contribution in [-0.2, 0) is 0 Å². The van der Waals surface area contributed by atoms with E-state index in [4.69, 9.17) is 10.00 Å². The molecule has 2 heteroatoms. The molecule has 0 spiro atoms. The molecule has 0 amide bonds.